The fourth-order valence-electron chi connectivity index (χ4n) is 1.50. The number of carbonyl (C=O) groups excluding carboxylic acids is 1. The lowest BCUT2D eigenvalue weighted by atomic mass is 10.2. The van der Waals surface area contributed by atoms with Crippen LogP contribution in [0.4, 0.5) is 0 Å². The highest BCUT2D eigenvalue weighted by Gasteiger charge is 2.23. The van der Waals surface area contributed by atoms with E-state index in [9.17, 15) is 13.2 Å². The molecule has 118 valence electrons. The Balaban J connectivity index is 2.29. The highest BCUT2D eigenvalue weighted by atomic mass is 79.9. The predicted molar refractivity (Wildman–Crippen MR) is 94.9 cm³/mol. The van der Waals surface area contributed by atoms with Gasteiger partial charge in [0.15, 0.2) is 0 Å². The second-order valence-corrected chi connectivity index (χ2v) is 9.94. The number of nitrogens with one attached hydrogen (secondary N) is 1. The van der Waals surface area contributed by atoms with Gasteiger partial charge in [0.05, 0.1) is 14.4 Å². The molecule has 1 aromatic carbocycles. The zero-order chi connectivity index (χ0) is 16.5. The zero-order valence-corrected chi connectivity index (χ0v) is 16.4. The van der Waals surface area contributed by atoms with Crippen LogP contribution < -0.4 is 4.72 Å². The number of halogens is 3. The van der Waals surface area contributed by atoms with Gasteiger partial charge in [0.1, 0.15) is 4.21 Å². The summed E-state index contributed by atoms with van der Waals surface area (Å²) in [6.45, 7) is 0. The van der Waals surface area contributed by atoms with Gasteiger partial charge >= 0.3 is 0 Å². The van der Waals surface area contributed by atoms with Crippen molar-refractivity contribution in [2.45, 2.75) is 9.10 Å². The van der Waals surface area contributed by atoms with Crippen molar-refractivity contribution in [2.24, 2.45) is 0 Å². The number of hydrogen-bond donors (Lipinski definition) is 1. The van der Waals surface area contributed by atoms with Crippen molar-refractivity contribution >= 4 is 78.2 Å². The van der Waals surface area contributed by atoms with Crippen molar-refractivity contribution in [3.8, 4) is 0 Å². The predicted octanol–water partition coefficient (Wildman–Crippen LogP) is 4.66. The van der Waals surface area contributed by atoms with Crippen LogP contribution in [0.2, 0.25) is 10.0 Å². The Morgan fingerprint density at radius 3 is 2.55 bits per heavy atom. The smallest absolute Gasteiger partial charge is 0.268 e. The Morgan fingerprint density at radius 1 is 1.32 bits per heavy atom. The van der Waals surface area contributed by atoms with E-state index in [0.29, 0.717) is 8.81 Å². The molecule has 10 heteroatoms. The number of carbonyl (C=O) groups is 1. The van der Waals surface area contributed by atoms with E-state index in [1.165, 1.54) is 36.0 Å². The molecule has 0 unspecified atom stereocenters. The van der Waals surface area contributed by atoms with Crippen molar-refractivity contribution in [1.82, 2.24) is 4.72 Å². The molecular formula is C12H8BrCl2NO3S3. The first-order valence-electron chi connectivity index (χ1n) is 5.60. The van der Waals surface area contributed by atoms with Crippen LogP contribution in [0, 0.1) is 0 Å². The average Bonchev–Trinajstić information content (AvgIpc) is 2.80. The van der Waals surface area contributed by atoms with Crippen molar-refractivity contribution in [2.75, 3.05) is 6.26 Å². The molecule has 0 bridgehead atoms. The third-order valence-electron chi connectivity index (χ3n) is 2.52. The van der Waals surface area contributed by atoms with E-state index in [0.717, 1.165) is 16.2 Å². The summed E-state index contributed by atoms with van der Waals surface area (Å²) in [6.07, 6.45) is 1.83. The first-order valence-corrected chi connectivity index (χ1v) is 10.7. The molecule has 2 aromatic rings. The summed E-state index contributed by atoms with van der Waals surface area (Å²) >= 11 is 17.4. The second kappa shape index (κ2) is 7.11. The second-order valence-electron chi connectivity index (χ2n) is 3.97. The summed E-state index contributed by atoms with van der Waals surface area (Å²) in [6, 6.07) is 5.70. The summed E-state index contributed by atoms with van der Waals surface area (Å²) in [5.41, 5.74) is 0.0374. The molecule has 2 rings (SSSR count). The molecule has 0 atom stereocenters. The molecule has 1 aromatic heterocycles. The van der Waals surface area contributed by atoms with Crippen LogP contribution in [0.5, 0.6) is 0 Å². The monoisotopic (exact) mass is 459 g/mol. The van der Waals surface area contributed by atoms with Crippen LogP contribution in [0.15, 0.2) is 37.2 Å². The Kier molecular flexibility index (Phi) is 5.84. The average molecular weight is 461 g/mol. The van der Waals surface area contributed by atoms with Gasteiger partial charge in [0, 0.05) is 9.92 Å². The Bertz CT molecular complexity index is 836. The normalized spacial score (nSPS) is 11.5. The zero-order valence-electron chi connectivity index (χ0n) is 10.9. The Labute approximate surface area is 154 Å². The standard InChI is InChI=1S/C12H8BrCl2NO3S3/c1-20-9-5-10(21-11(9)13)22(18,19)16-12(17)7-3-2-6(14)4-8(7)15/h2-5H,1H3,(H,16,17). The topological polar surface area (TPSA) is 63.2 Å². The maximum absolute atomic E-state index is 12.3. The number of benzene rings is 1. The van der Waals surface area contributed by atoms with E-state index in [1.807, 2.05) is 11.0 Å². The van der Waals surface area contributed by atoms with Crippen molar-refractivity contribution in [1.29, 1.82) is 0 Å². The number of amides is 1. The third kappa shape index (κ3) is 3.98. The summed E-state index contributed by atoms with van der Waals surface area (Å²) in [5, 5.41) is 0.438. The molecule has 4 nitrogen and oxygen atoms in total. The quantitative estimate of drug-likeness (QED) is 0.674. The van der Waals surface area contributed by atoms with E-state index >= 15 is 0 Å². The van der Waals surface area contributed by atoms with E-state index in [-0.39, 0.29) is 14.8 Å². The van der Waals surface area contributed by atoms with Crippen molar-refractivity contribution in [3.05, 3.63) is 43.7 Å². The van der Waals surface area contributed by atoms with Gasteiger partial charge in [-0.25, -0.2) is 13.1 Å². The maximum atomic E-state index is 12.3. The van der Waals surface area contributed by atoms with Crippen LogP contribution in [0.25, 0.3) is 0 Å². The van der Waals surface area contributed by atoms with Crippen molar-refractivity contribution < 1.29 is 13.2 Å². The summed E-state index contributed by atoms with van der Waals surface area (Å²) in [4.78, 5) is 12.9. The molecule has 1 heterocycles. The molecule has 1 N–H and O–H groups in total. The van der Waals surface area contributed by atoms with Gasteiger partial charge in [-0.05, 0) is 46.5 Å². The molecule has 22 heavy (non-hydrogen) atoms. The van der Waals surface area contributed by atoms with E-state index < -0.39 is 15.9 Å². The van der Waals surface area contributed by atoms with Crippen LogP contribution in [-0.4, -0.2) is 20.6 Å². The molecule has 0 saturated carbocycles. The Morgan fingerprint density at radius 2 is 2.00 bits per heavy atom. The molecule has 0 spiro atoms. The molecule has 0 aliphatic heterocycles. The number of hydrogen-bond acceptors (Lipinski definition) is 5. The largest absolute Gasteiger partial charge is 0.273 e. The van der Waals surface area contributed by atoms with Gasteiger partial charge < -0.3 is 0 Å². The van der Waals surface area contributed by atoms with E-state index in [2.05, 4.69) is 15.9 Å². The van der Waals surface area contributed by atoms with E-state index in [1.54, 1.807) is 0 Å². The maximum Gasteiger partial charge on any atom is 0.273 e. The third-order valence-corrected chi connectivity index (χ3v) is 7.86. The minimum Gasteiger partial charge on any atom is -0.268 e. The summed E-state index contributed by atoms with van der Waals surface area (Å²) in [7, 11) is -3.96. The number of sulfonamides is 1. The first kappa shape index (κ1) is 18.1. The van der Waals surface area contributed by atoms with Crippen molar-refractivity contribution in [3.63, 3.8) is 0 Å². The summed E-state index contributed by atoms with van der Waals surface area (Å²) in [5.74, 6) is -0.808. The molecule has 0 aliphatic rings. The highest BCUT2D eigenvalue weighted by Crippen LogP contribution is 2.36. The lowest BCUT2D eigenvalue weighted by Gasteiger charge is -2.06. The van der Waals surface area contributed by atoms with E-state index in [4.69, 9.17) is 23.2 Å². The van der Waals surface area contributed by atoms with Crippen LogP contribution in [0.3, 0.4) is 0 Å². The van der Waals surface area contributed by atoms with Crippen LogP contribution in [-0.2, 0) is 10.0 Å². The molecule has 0 fully saturated rings. The molecule has 0 aliphatic carbocycles. The van der Waals surface area contributed by atoms with Gasteiger partial charge in [-0.15, -0.1) is 23.1 Å². The molecule has 0 radical (unpaired) electrons. The van der Waals surface area contributed by atoms with Crippen LogP contribution in [0.1, 0.15) is 10.4 Å². The molecular weight excluding hydrogens is 453 g/mol. The highest BCUT2D eigenvalue weighted by molar-refractivity contribution is 9.11. The minimum absolute atomic E-state index is 0.0374. The first-order chi connectivity index (χ1) is 10.2. The fourth-order valence-corrected chi connectivity index (χ4v) is 6.42. The van der Waals surface area contributed by atoms with Gasteiger partial charge in [0.25, 0.3) is 15.9 Å². The number of rotatable bonds is 4. The number of thiophene rings is 1. The number of thioether (sulfide) groups is 1. The summed E-state index contributed by atoms with van der Waals surface area (Å²) < 4.78 is 27.2. The van der Waals surface area contributed by atoms with Gasteiger partial charge in [-0.1, -0.05) is 23.2 Å². The van der Waals surface area contributed by atoms with Gasteiger partial charge in [0.2, 0.25) is 0 Å². The minimum atomic E-state index is -3.96. The SMILES string of the molecule is CSc1cc(S(=O)(=O)NC(=O)c2ccc(Cl)cc2Cl)sc1Br. The fraction of sp³-hybridized carbons (Fsp3) is 0.0833. The molecule has 0 saturated heterocycles. The lowest BCUT2D eigenvalue weighted by molar-refractivity contribution is 0.0981. The van der Waals surface area contributed by atoms with Gasteiger partial charge in [-0.2, -0.15) is 0 Å². The Hall–Kier alpha value is -0.250. The van der Waals surface area contributed by atoms with Gasteiger partial charge in [-0.3, -0.25) is 4.79 Å². The lowest BCUT2D eigenvalue weighted by Crippen LogP contribution is -2.30. The van der Waals surface area contributed by atoms with Crippen LogP contribution >= 0.6 is 62.2 Å². The molecule has 1 amide bonds.